The molecule has 2 heteroatoms. The fraction of sp³-hybridized carbons (Fsp3) is 0.714. The summed E-state index contributed by atoms with van der Waals surface area (Å²) in [5.74, 6) is 3.98. The topological polar surface area (TPSA) is 40.5 Å². The summed E-state index contributed by atoms with van der Waals surface area (Å²) in [6, 6.07) is 5.68. The van der Waals surface area contributed by atoms with Crippen LogP contribution in [-0.4, -0.2) is 16.3 Å². The first-order valence-electron chi connectivity index (χ1n) is 12.3. The number of aliphatic hydroxyl groups is 1. The van der Waals surface area contributed by atoms with Crippen molar-refractivity contribution in [3.63, 3.8) is 0 Å². The summed E-state index contributed by atoms with van der Waals surface area (Å²) in [6.07, 6.45) is 11.3. The summed E-state index contributed by atoms with van der Waals surface area (Å²) in [6.45, 7) is 14.0. The Kier molecular flexibility index (Phi) is 7.38. The number of benzene rings is 1. The molecule has 2 N–H and O–H groups in total. The summed E-state index contributed by atoms with van der Waals surface area (Å²) in [5, 5.41) is 20.8. The van der Waals surface area contributed by atoms with Crippen LogP contribution in [0.25, 0.3) is 0 Å². The normalized spacial score (nSPS) is 33.7. The third kappa shape index (κ3) is 4.79. The van der Waals surface area contributed by atoms with Crippen molar-refractivity contribution in [1.82, 2.24) is 0 Å². The molecule has 0 amide bonds. The first kappa shape index (κ1) is 23.4. The van der Waals surface area contributed by atoms with Crippen molar-refractivity contribution in [2.75, 3.05) is 0 Å². The highest BCUT2D eigenvalue weighted by atomic mass is 16.3. The molecule has 168 valence electrons. The molecule has 2 saturated carbocycles. The molecule has 7 atom stereocenters. The van der Waals surface area contributed by atoms with Gasteiger partial charge in [0.25, 0.3) is 0 Å². The fourth-order valence-electron chi connectivity index (χ4n) is 6.52. The minimum atomic E-state index is -0.175. The zero-order chi connectivity index (χ0) is 22.1. The summed E-state index contributed by atoms with van der Waals surface area (Å²) in [5.41, 5.74) is 2.80. The highest BCUT2D eigenvalue weighted by Crippen LogP contribution is 2.60. The third-order valence-corrected chi connectivity index (χ3v) is 8.96. The van der Waals surface area contributed by atoms with Gasteiger partial charge in [-0.3, -0.25) is 0 Å². The van der Waals surface area contributed by atoms with E-state index in [2.05, 4.69) is 53.7 Å². The standard InChI is InChI=1S/C28H44O2/c1-18(2)19(3)7-8-21(5)25-13-14-26-24(27(30)15-16-28(25,26)6)12-10-22-17-23(29)11-9-20(22)4/h7-9,11,17-19,21,24-27,29-30H,10,12-16H2,1-6H3/b8-7+/t19-,21-,24-,25+,26-,27+,28+/m0/s1. The molecule has 0 radical (unpaired) electrons. The number of aromatic hydroxyl groups is 1. The maximum absolute atomic E-state index is 10.9. The van der Waals surface area contributed by atoms with Gasteiger partial charge in [-0.05, 0) is 110 Å². The van der Waals surface area contributed by atoms with Gasteiger partial charge in [0, 0.05) is 0 Å². The summed E-state index contributed by atoms with van der Waals surface area (Å²) in [7, 11) is 0. The minimum Gasteiger partial charge on any atom is -0.508 e. The van der Waals surface area contributed by atoms with Gasteiger partial charge in [0.15, 0.2) is 0 Å². The number of aliphatic hydroxyl groups excluding tert-OH is 1. The number of phenolic OH excluding ortho intramolecular Hbond substituents is 1. The molecule has 2 fully saturated rings. The van der Waals surface area contributed by atoms with Gasteiger partial charge in [0.2, 0.25) is 0 Å². The Morgan fingerprint density at radius 3 is 2.53 bits per heavy atom. The number of fused-ring (bicyclic) bond motifs is 1. The van der Waals surface area contributed by atoms with E-state index in [1.54, 1.807) is 6.07 Å². The molecule has 0 unspecified atom stereocenters. The molecule has 0 spiro atoms. The molecular weight excluding hydrogens is 368 g/mol. The summed E-state index contributed by atoms with van der Waals surface area (Å²) in [4.78, 5) is 0. The summed E-state index contributed by atoms with van der Waals surface area (Å²) < 4.78 is 0. The van der Waals surface area contributed by atoms with E-state index < -0.39 is 0 Å². The van der Waals surface area contributed by atoms with E-state index in [9.17, 15) is 10.2 Å². The van der Waals surface area contributed by atoms with Crippen LogP contribution in [0.5, 0.6) is 5.75 Å². The molecule has 30 heavy (non-hydrogen) atoms. The average molecular weight is 413 g/mol. The second-order valence-electron chi connectivity index (χ2n) is 11.1. The minimum absolute atomic E-state index is 0.175. The van der Waals surface area contributed by atoms with Crippen molar-refractivity contribution in [1.29, 1.82) is 0 Å². The van der Waals surface area contributed by atoms with Crippen LogP contribution in [0.15, 0.2) is 30.4 Å². The van der Waals surface area contributed by atoms with Gasteiger partial charge in [0.05, 0.1) is 6.10 Å². The molecule has 0 bridgehead atoms. The van der Waals surface area contributed by atoms with Crippen LogP contribution in [0, 0.1) is 47.8 Å². The van der Waals surface area contributed by atoms with Crippen LogP contribution in [0.2, 0.25) is 0 Å². The SMILES string of the molecule is Cc1ccc(O)cc1CC[C@@H]1[C@H](O)CC[C@]2(C)[C@@H]([C@@H](C)/C=C/[C@H](C)C(C)C)CC[C@@H]12. The van der Waals surface area contributed by atoms with E-state index >= 15 is 0 Å². The lowest BCUT2D eigenvalue weighted by molar-refractivity contribution is -0.0493. The van der Waals surface area contributed by atoms with Crippen LogP contribution in [0.3, 0.4) is 0 Å². The van der Waals surface area contributed by atoms with Crippen molar-refractivity contribution in [3.8, 4) is 5.75 Å². The van der Waals surface area contributed by atoms with Gasteiger partial charge >= 0.3 is 0 Å². The van der Waals surface area contributed by atoms with Crippen LogP contribution < -0.4 is 0 Å². The van der Waals surface area contributed by atoms with Crippen LogP contribution >= 0.6 is 0 Å². The lowest BCUT2D eigenvalue weighted by Gasteiger charge is -2.48. The van der Waals surface area contributed by atoms with Crippen molar-refractivity contribution in [2.24, 2.45) is 40.9 Å². The predicted octanol–water partition coefficient (Wildman–Crippen LogP) is 6.92. The average Bonchev–Trinajstić information content (AvgIpc) is 3.05. The van der Waals surface area contributed by atoms with E-state index in [1.807, 2.05) is 12.1 Å². The number of phenols is 1. The van der Waals surface area contributed by atoms with Crippen molar-refractivity contribution < 1.29 is 10.2 Å². The number of hydrogen-bond donors (Lipinski definition) is 2. The zero-order valence-electron chi connectivity index (χ0n) is 20.1. The van der Waals surface area contributed by atoms with E-state index in [-0.39, 0.29) is 6.10 Å². The molecule has 3 rings (SSSR count). The Morgan fingerprint density at radius 2 is 1.83 bits per heavy atom. The number of aryl methyl sites for hydroxylation is 2. The molecule has 1 aromatic carbocycles. The van der Waals surface area contributed by atoms with E-state index in [4.69, 9.17) is 0 Å². The molecule has 2 nitrogen and oxygen atoms in total. The number of allylic oxidation sites excluding steroid dienone is 2. The van der Waals surface area contributed by atoms with Crippen molar-refractivity contribution >= 4 is 0 Å². The van der Waals surface area contributed by atoms with E-state index in [0.29, 0.717) is 40.8 Å². The fourth-order valence-corrected chi connectivity index (χ4v) is 6.52. The van der Waals surface area contributed by atoms with Gasteiger partial charge < -0.3 is 10.2 Å². The second kappa shape index (κ2) is 9.47. The first-order chi connectivity index (χ1) is 14.1. The molecule has 2 aliphatic carbocycles. The molecule has 1 aromatic rings. The van der Waals surface area contributed by atoms with Crippen LogP contribution in [0.4, 0.5) is 0 Å². The molecule has 2 aliphatic rings. The maximum atomic E-state index is 10.9. The van der Waals surface area contributed by atoms with Gasteiger partial charge in [-0.25, -0.2) is 0 Å². The molecular formula is C28H44O2. The Labute approximate surface area is 184 Å². The first-order valence-corrected chi connectivity index (χ1v) is 12.3. The molecule has 0 saturated heterocycles. The smallest absolute Gasteiger partial charge is 0.115 e. The largest absolute Gasteiger partial charge is 0.508 e. The quantitative estimate of drug-likeness (QED) is 0.477. The maximum Gasteiger partial charge on any atom is 0.115 e. The van der Waals surface area contributed by atoms with E-state index in [0.717, 1.165) is 31.6 Å². The van der Waals surface area contributed by atoms with Gasteiger partial charge in [-0.1, -0.05) is 52.8 Å². The highest BCUT2D eigenvalue weighted by Gasteiger charge is 2.54. The van der Waals surface area contributed by atoms with E-state index in [1.165, 1.54) is 24.0 Å². The van der Waals surface area contributed by atoms with Crippen LogP contribution in [-0.2, 0) is 6.42 Å². The van der Waals surface area contributed by atoms with Gasteiger partial charge in [-0.2, -0.15) is 0 Å². The summed E-state index contributed by atoms with van der Waals surface area (Å²) >= 11 is 0. The van der Waals surface area contributed by atoms with Crippen LogP contribution in [0.1, 0.15) is 77.8 Å². The lowest BCUT2D eigenvalue weighted by Crippen LogP contribution is -2.45. The molecule has 0 aromatic heterocycles. The number of rotatable bonds is 7. The predicted molar refractivity (Wildman–Crippen MR) is 127 cm³/mol. The van der Waals surface area contributed by atoms with Gasteiger partial charge in [0.1, 0.15) is 5.75 Å². The lowest BCUT2D eigenvalue weighted by atomic mass is 9.57. The zero-order valence-corrected chi connectivity index (χ0v) is 20.1. The Bertz CT molecular complexity index is 736. The Balaban J connectivity index is 1.72. The Hall–Kier alpha value is -1.28. The monoisotopic (exact) mass is 412 g/mol. The van der Waals surface area contributed by atoms with Crippen molar-refractivity contribution in [3.05, 3.63) is 41.5 Å². The Morgan fingerprint density at radius 1 is 1.10 bits per heavy atom. The second-order valence-corrected chi connectivity index (χ2v) is 11.1. The highest BCUT2D eigenvalue weighted by molar-refractivity contribution is 5.34. The van der Waals surface area contributed by atoms with Gasteiger partial charge in [-0.15, -0.1) is 0 Å². The molecule has 0 heterocycles. The van der Waals surface area contributed by atoms with Crippen molar-refractivity contribution in [2.45, 2.75) is 86.2 Å². The number of hydrogen-bond acceptors (Lipinski definition) is 2. The third-order valence-electron chi connectivity index (χ3n) is 8.96. The molecule has 0 aliphatic heterocycles.